The minimum atomic E-state index is -4.46. The predicted molar refractivity (Wildman–Crippen MR) is 52.0 cm³/mol. The molecule has 0 spiro atoms. The highest BCUT2D eigenvalue weighted by molar-refractivity contribution is 8.31. The van der Waals surface area contributed by atoms with Gasteiger partial charge in [-0.1, -0.05) is 6.07 Å². The van der Waals surface area contributed by atoms with Crippen molar-refractivity contribution in [3.8, 4) is 0 Å². The first kappa shape index (κ1) is 15.5. The van der Waals surface area contributed by atoms with Crippen LogP contribution in [0.25, 0.3) is 0 Å². The molecule has 92 valence electrons. The van der Waals surface area contributed by atoms with E-state index in [4.69, 9.17) is 8.42 Å². The maximum absolute atomic E-state index is 12.2. The highest BCUT2D eigenvalue weighted by Gasteiger charge is 2.30. The third-order valence-corrected chi connectivity index (χ3v) is 1.15. The number of rotatable bonds is 0. The molecule has 0 radical (unpaired) electrons. The van der Waals surface area contributed by atoms with Crippen molar-refractivity contribution in [1.82, 2.24) is 0 Å². The zero-order chi connectivity index (χ0) is 13.0. The average Bonchev–Trinajstić information content (AvgIpc) is 1.99. The lowest BCUT2D eigenvalue weighted by Crippen LogP contribution is -2.04. The zero-order valence-corrected chi connectivity index (χ0v) is 9.63. The molecular weight excluding hydrogens is 295 g/mol. The molecule has 1 rings (SSSR count). The van der Waals surface area contributed by atoms with Crippen LogP contribution in [0.1, 0.15) is 5.56 Å². The van der Waals surface area contributed by atoms with Gasteiger partial charge in [-0.2, -0.15) is 21.6 Å². The van der Waals surface area contributed by atoms with Crippen molar-refractivity contribution in [3.63, 3.8) is 0 Å². The molecule has 0 aromatic heterocycles. The van der Waals surface area contributed by atoms with E-state index in [1.54, 1.807) is 0 Å². The van der Waals surface area contributed by atoms with Crippen LogP contribution in [-0.4, -0.2) is 8.42 Å². The first-order valence-corrected chi connectivity index (χ1v) is 6.60. The summed E-state index contributed by atoms with van der Waals surface area (Å²) in [6, 6.07) is 3.27. The summed E-state index contributed by atoms with van der Waals surface area (Å²) in [7, 11) is 4.81. The fourth-order valence-corrected chi connectivity index (χ4v) is 0.665. The van der Waals surface area contributed by atoms with Crippen LogP contribution >= 0.6 is 21.4 Å². The van der Waals surface area contributed by atoms with Gasteiger partial charge in [0.25, 0.3) is 0 Å². The molecule has 0 aliphatic carbocycles. The van der Waals surface area contributed by atoms with Gasteiger partial charge in [-0.25, -0.2) is 4.39 Å². The molecule has 0 atom stereocenters. The molecule has 0 bridgehead atoms. The molecular formula is C7H4Cl2F4O2S. The molecule has 0 amide bonds. The van der Waals surface area contributed by atoms with E-state index in [-0.39, 0.29) is 0 Å². The molecule has 0 unspecified atom stereocenters. The Kier molecular flexibility index (Phi) is 5.51. The van der Waals surface area contributed by atoms with Crippen LogP contribution in [-0.2, 0) is 14.4 Å². The van der Waals surface area contributed by atoms with Gasteiger partial charge in [-0.15, -0.1) is 0 Å². The van der Waals surface area contributed by atoms with Crippen LogP contribution in [0.15, 0.2) is 24.3 Å². The molecule has 0 fully saturated rings. The van der Waals surface area contributed by atoms with Gasteiger partial charge in [0.2, 0.25) is 0 Å². The number of alkyl halides is 3. The normalized spacial score (nSPS) is 11.6. The van der Waals surface area contributed by atoms with Crippen molar-refractivity contribution in [3.05, 3.63) is 35.6 Å². The summed E-state index contributed by atoms with van der Waals surface area (Å²) in [5.41, 5.74) is -0.961. The van der Waals surface area contributed by atoms with Crippen LogP contribution in [0.3, 0.4) is 0 Å². The van der Waals surface area contributed by atoms with E-state index in [2.05, 4.69) is 21.4 Å². The first-order valence-electron chi connectivity index (χ1n) is 3.47. The molecule has 0 heterocycles. The van der Waals surface area contributed by atoms with Gasteiger partial charge >= 0.3 is 14.4 Å². The summed E-state index contributed by atoms with van der Waals surface area (Å²) in [5, 5.41) is 0. The summed E-state index contributed by atoms with van der Waals surface area (Å²) in [4.78, 5) is 0. The quantitative estimate of drug-likeness (QED) is 0.542. The van der Waals surface area contributed by atoms with Gasteiger partial charge in [0.1, 0.15) is 5.82 Å². The third-order valence-electron chi connectivity index (χ3n) is 1.15. The van der Waals surface area contributed by atoms with Crippen LogP contribution < -0.4 is 0 Å². The number of benzene rings is 1. The lowest BCUT2D eigenvalue weighted by atomic mass is 10.2. The van der Waals surface area contributed by atoms with Crippen LogP contribution in [0.5, 0.6) is 0 Å². The Bertz CT molecular complexity index is 436. The lowest BCUT2D eigenvalue weighted by molar-refractivity contribution is -0.137. The van der Waals surface area contributed by atoms with E-state index < -0.39 is 25.8 Å². The van der Waals surface area contributed by atoms with E-state index in [0.29, 0.717) is 6.07 Å². The van der Waals surface area contributed by atoms with Crippen LogP contribution in [0.2, 0.25) is 0 Å². The molecule has 2 nitrogen and oxygen atoms in total. The lowest BCUT2D eigenvalue weighted by Gasteiger charge is -2.04. The standard InChI is InChI=1S/C7H4F4.Cl2O2S/c8-6-3-1-2-5(4-6)7(9,10)11;1-5(2,3)4/h1-4H;. The van der Waals surface area contributed by atoms with Crippen LogP contribution in [0.4, 0.5) is 17.6 Å². The highest BCUT2D eigenvalue weighted by atomic mass is 36.0. The predicted octanol–water partition coefficient (Wildman–Crippen LogP) is 3.55. The Balaban J connectivity index is 0.000000385. The molecule has 1 aromatic rings. The third kappa shape index (κ3) is 8.75. The maximum atomic E-state index is 12.2. The number of hydrogen-bond donors (Lipinski definition) is 0. The molecule has 0 saturated carbocycles. The van der Waals surface area contributed by atoms with Gasteiger partial charge in [0.05, 0.1) is 5.56 Å². The Morgan fingerprint density at radius 3 is 1.81 bits per heavy atom. The average molecular weight is 299 g/mol. The van der Waals surface area contributed by atoms with Crippen molar-refractivity contribution in [2.45, 2.75) is 6.18 Å². The van der Waals surface area contributed by atoms with Crippen molar-refractivity contribution >= 4 is 29.6 Å². The van der Waals surface area contributed by atoms with Gasteiger partial charge in [-0.05, 0) is 18.2 Å². The van der Waals surface area contributed by atoms with E-state index in [1.165, 1.54) is 0 Å². The monoisotopic (exact) mass is 298 g/mol. The fraction of sp³-hybridized carbons (Fsp3) is 0.143. The highest BCUT2D eigenvalue weighted by Crippen LogP contribution is 2.28. The SMILES string of the molecule is Fc1cccc(C(F)(F)F)c1.O=S(=O)(Cl)Cl. The second-order valence-electron chi connectivity index (χ2n) is 2.39. The molecule has 0 saturated heterocycles. The van der Waals surface area contributed by atoms with Crippen molar-refractivity contribution in [2.24, 2.45) is 0 Å². The summed E-state index contributed by atoms with van der Waals surface area (Å²) < 4.78 is 65.9. The topological polar surface area (TPSA) is 34.1 Å². The Morgan fingerprint density at radius 1 is 1.12 bits per heavy atom. The van der Waals surface area contributed by atoms with Gasteiger partial charge in [0.15, 0.2) is 0 Å². The van der Waals surface area contributed by atoms with E-state index in [0.717, 1.165) is 18.2 Å². The van der Waals surface area contributed by atoms with Crippen LogP contribution in [0, 0.1) is 5.82 Å². The van der Waals surface area contributed by atoms with Crippen molar-refractivity contribution in [1.29, 1.82) is 0 Å². The molecule has 0 aliphatic heterocycles. The smallest absolute Gasteiger partial charge is 0.207 e. The largest absolute Gasteiger partial charge is 0.416 e. The Labute approximate surface area is 97.7 Å². The number of hydrogen-bond acceptors (Lipinski definition) is 2. The molecule has 9 heteroatoms. The molecule has 1 aromatic carbocycles. The Hall–Kier alpha value is -0.530. The molecule has 16 heavy (non-hydrogen) atoms. The van der Waals surface area contributed by atoms with Crippen molar-refractivity contribution < 1.29 is 26.0 Å². The second-order valence-corrected chi connectivity index (χ2v) is 6.05. The first-order chi connectivity index (χ1) is 7.00. The van der Waals surface area contributed by atoms with E-state index >= 15 is 0 Å². The van der Waals surface area contributed by atoms with Gasteiger partial charge < -0.3 is 0 Å². The zero-order valence-electron chi connectivity index (χ0n) is 7.30. The van der Waals surface area contributed by atoms with E-state index in [1.807, 2.05) is 0 Å². The second kappa shape index (κ2) is 5.70. The molecule has 0 N–H and O–H groups in total. The minimum Gasteiger partial charge on any atom is -0.207 e. The van der Waals surface area contributed by atoms with Crippen molar-refractivity contribution in [2.75, 3.05) is 0 Å². The summed E-state index contributed by atoms with van der Waals surface area (Å²) in [5.74, 6) is -0.875. The molecule has 0 aliphatic rings. The fourth-order valence-electron chi connectivity index (χ4n) is 0.665. The summed E-state index contributed by atoms with van der Waals surface area (Å²) in [6.45, 7) is 0. The van der Waals surface area contributed by atoms with E-state index in [9.17, 15) is 17.6 Å². The summed E-state index contributed by atoms with van der Waals surface area (Å²) in [6.07, 6.45) is -4.46. The minimum absolute atomic E-state index is 0.458. The maximum Gasteiger partial charge on any atom is 0.416 e. The number of halogens is 6. The van der Waals surface area contributed by atoms with Gasteiger partial charge in [0, 0.05) is 21.4 Å². The van der Waals surface area contributed by atoms with Gasteiger partial charge in [-0.3, -0.25) is 0 Å². The summed E-state index contributed by atoms with van der Waals surface area (Å²) >= 11 is 0. The Morgan fingerprint density at radius 2 is 1.56 bits per heavy atom.